The van der Waals surface area contributed by atoms with Crippen molar-refractivity contribution in [2.24, 2.45) is 0 Å². The average Bonchev–Trinajstić information content (AvgIpc) is 3.21. The van der Waals surface area contributed by atoms with Crippen LogP contribution in [0.4, 0.5) is 0 Å². The molecule has 2 aromatic carbocycles. The molecular formula is C23H25N3O. The fraction of sp³-hybridized carbons (Fsp3) is 0.304. The molecule has 27 heavy (non-hydrogen) atoms. The molecule has 0 radical (unpaired) electrons. The number of amides is 1. The number of hydrogen-bond donors (Lipinski definition) is 1. The van der Waals surface area contributed by atoms with Crippen molar-refractivity contribution in [3.8, 4) is 11.3 Å². The number of aromatic amines is 1. The van der Waals surface area contributed by atoms with Crippen LogP contribution in [0.15, 0.2) is 54.6 Å². The SMILES string of the molecule is CCc1ccc(C2c3c(-c4ccccc4)n[nH]c3C(=O)N2C(C)(C)C)cc1. The summed E-state index contributed by atoms with van der Waals surface area (Å²) in [6.45, 7) is 8.40. The third-order valence-electron chi connectivity index (χ3n) is 5.24. The second-order valence-corrected chi connectivity index (χ2v) is 8.07. The first-order valence-electron chi connectivity index (χ1n) is 9.48. The molecule has 1 aromatic heterocycles. The number of nitrogens with one attached hydrogen (secondary N) is 1. The van der Waals surface area contributed by atoms with Gasteiger partial charge >= 0.3 is 0 Å². The van der Waals surface area contributed by atoms with Crippen LogP contribution in [0.3, 0.4) is 0 Å². The van der Waals surface area contributed by atoms with Crippen LogP contribution in [0, 0.1) is 0 Å². The summed E-state index contributed by atoms with van der Waals surface area (Å²) in [5.41, 5.74) is 5.57. The van der Waals surface area contributed by atoms with Crippen LogP contribution in [-0.2, 0) is 6.42 Å². The Labute approximate surface area is 160 Å². The Morgan fingerprint density at radius 1 is 1.04 bits per heavy atom. The Morgan fingerprint density at radius 2 is 1.70 bits per heavy atom. The molecule has 0 bridgehead atoms. The maximum atomic E-state index is 13.2. The van der Waals surface area contributed by atoms with E-state index in [0.29, 0.717) is 5.69 Å². The van der Waals surface area contributed by atoms with Gasteiger partial charge in [-0.3, -0.25) is 9.89 Å². The van der Waals surface area contributed by atoms with Crippen LogP contribution >= 0.6 is 0 Å². The van der Waals surface area contributed by atoms with Gasteiger partial charge in [0.25, 0.3) is 5.91 Å². The first-order chi connectivity index (χ1) is 12.9. The van der Waals surface area contributed by atoms with Crippen molar-refractivity contribution in [3.63, 3.8) is 0 Å². The van der Waals surface area contributed by atoms with Gasteiger partial charge in [0, 0.05) is 16.7 Å². The van der Waals surface area contributed by atoms with Crippen molar-refractivity contribution in [2.45, 2.75) is 45.7 Å². The summed E-state index contributed by atoms with van der Waals surface area (Å²) >= 11 is 0. The van der Waals surface area contributed by atoms with E-state index in [-0.39, 0.29) is 17.5 Å². The zero-order valence-corrected chi connectivity index (χ0v) is 16.3. The quantitative estimate of drug-likeness (QED) is 0.717. The number of rotatable bonds is 3. The topological polar surface area (TPSA) is 49.0 Å². The van der Waals surface area contributed by atoms with Crippen molar-refractivity contribution in [1.82, 2.24) is 15.1 Å². The van der Waals surface area contributed by atoms with Crippen LogP contribution in [0.1, 0.15) is 60.9 Å². The number of carbonyl (C=O) groups is 1. The monoisotopic (exact) mass is 359 g/mol. The first-order valence-corrected chi connectivity index (χ1v) is 9.48. The molecule has 1 aliphatic rings. The zero-order valence-electron chi connectivity index (χ0n) is 16.3. The van der Waals surface area contributed by atoms with Crippen LogP contribution in [0.5, 0.6) is 0 Å². The number of nitrogens with zero attached hydrogens (tertiary/aromatic N) is 2. The number of H-pyrrole nitrogens is 1. The normalized spacial score (nSPS) is 16.7. The molecule has 4 heteroatoms. The minimum absolute atomic E-state index is 0.0109. The largest absolute Gasteiger partial charge is 0.321 e. The molecule has 2 heterocycles. The molecule has 0 saturated carbocycles. The molecule has 0 aliphatic carbocycles. The Morgan fingerprint density at radius 3 is 2.30 bits per heavy atom. The highest BCUT2D eigenvalue weighted by Crippen LogP contribution is 2.45. The summed E-state index contributed by atoms with van der Waals surface area (Å²) in [6, 6.07) is 18.5. The Kier molecular flexibility index (Phi) is 4.14. The Bertz CT molecular complexity index is 965. The van der Waals surface area contributed by atoms with Crippen molar-refractivity contribution in [3.05, 3.63) is 77.0 Å². The van der Waals surface area contributed by atoms with Crippen molar-refractivity contribution < 1.29 is 4.79 Å². The van der Waals surface area contributed by atoms with E-state index >= 15 is 0 Å². The van der Waals surface area contributed by atoms with Gasteiger partial charge in [-0.05, 0) is 38.3 Å². The van der Waals surface area contributed by atoms with Crippen LogP contribution in [-0.4, -0.2) is 26.5 Å². The van der Waals surface area contributed by atoms with E-state index in [1.54, 1.807) is 0 Å². The van der Waals surface area contributed by atoms with E-state index in [9.17, 15) is 4.79 Å². The lowest BCUT2D eigenvalue weighted by molar-refractivity contribution is 0.0546. The van der Waals surface area contributed by atoms with Crippen LogP contribution in [0.2, 0.25) is 0 Å². The highest BCUT2D eigenvalue weighted by Gasteiger charge is 2.46. The minimum atomic E-state index is -0.307. The van der Waals surface area contributed by atoms with E-state index in [0.717, 1.165) is 28.8 Å². The van der Waals surface area contributed by atoms with E-state index in [2.05, 4.69) is 62.2 Å². The summed E-state index contributed by atoms with van der Waals surface area (Å²) in [6.07, 6.45) is 0.999. The van der Waals surface area contributed by atoms with E-state index in [1.165, 1.54) is 5.56 Å². The number of fused-ring (bicyclic) bond motifs is 1. The first kappa shape index (κ1) is 17.5. The Hall–Kier alpha value is -2.88. The molecule has 0 saturated heterocycles. The van der Waals surface area contributed by atoms with Gasteiger partial charge in [-0.15, -0.1) is 0 Å². The number of benzene rings is 2. The van der Waals surface area contributed by atoms with Gasteiger partial charge in [0.15, 0.2) is 0 Å². The summed E-state index contributed by atoms with van der Waals surface area (Å²) in [5, 5.41) is 7.53. The molecule has 1 unspecified atom stereocenters. The fourth-order valence-corrected chi connectivity index (χ4v) is 3.91. The van der Waals surface area contributed by atoms with Crippen molar-refractivity contribution >= 4 is 5.91 Å². The second kappa shape index (κ2) is 6.38. The molecule has 1 aliphatic heterocycles. The van der Waals surface area contributed by atoms with Gasteiger partial charge in [0.1, 0.15) is 5.69 Å². The highest BCUT2D eigenvalue weighted by atomic mass is 16.2. The maximum Gasteiger partial charge on any atom is 0.273 e. The van der Waals surface area contributed by atoms with E-state index in [1.807, 2.05) is 35.2 Å². The maximum absolute atomic E-state index is 13.2. The van der Waals surface area contributed by atoms with Crippen LogP contribution < -0.4 is 0 Å². The molecule has 138 valence electrons. The standard InChI is InChI=1S/C23H25N3O/c1-5-15-11-13-17(14-12-15)21-18-19(16-9-7-6-8-10-16)24-25-20(18)22(27)26(21)23(2,3)4/h6-14,21H,5H2,1-4H3,(H,24,25). The van der Waals surface area contributed by atoms with Crippen LogP contribution in [0.25, 0.3) is 11.3 Å². The summed E-state index contributed by atoms with van der Waals surface area (Å²) in [5.74, 6) is 0.0109. The zero-order chi connectivity index (χ0) is 19.2. The van der Waals surface area contributed by atoms with Crippen molar-refractivity contribution in [2.75, 3.05) is 0 Å². The lowest BCUT2D eigenvalue weighted by atomic mass is 9.93. The van der Waals surface area contributed by atoms with Gasteiger partial charge in [-0.25, -0.2) is 0 Å². The molecule has 1 atom stereocenters. The van der Waals surface area contributed by atoms with Gasteiger partial charge in [-0.2, -0.15) is 5.10 Å². The number of aryl methyl sites for hydroxylation is 1. The summed E-state index contributed by atoms with van der Waals surface area (Å²) < 4.78 is 0. The molecule has 0 spiro atoms. The average molecular weight is 359 g/mol. The van der Waals surface area contributed by atoms with E-state index in [4.69, 9.17) is 0 Å². The van der Waals surface area contributed by atoms with Gasteiger partial charge in [0.2, 0.25) is 0 Å². The smallest absolute Gasteiger partial charge is 0.273 e. The minimum Gasteiger partial charge on any atom is -0.321 e. The van der Waals surface area contributed by atoms with E-state index < -0.39 is 0 Å². The third kappa shape index (κ3) is 2.85. The molecule has 1 amide bonds. The third-order valence-corrected chi connectivity index (χ3v) is 5.24. The summed E-state index contributed by atoms with van der Waals surface area (Å²) in [4.78, 5) is 15.2. The highest BCUT2D eigenvalue weighted by molar-refractivity contribution is 6.00. The van der Waals surface area contributed by atoms with Gasteiger partial charge in [0.05, 0.1) is 11.7 Å². The summed E-state index contributed by atoms with van der Waals surface area (Å²) in [7, 11) is 0. The van der Waals surface area contributed by atoms with Crippen molar-refractivity contribution in [1.29, 1.82) is 0 Å². The van der Waals surface area contributed by atoms with Gasteiger partial charge in [-0.1, -0.05) is 61.5 Å². The fourth-order valence-electron chi connectivity index (χ4n) is 3.91. The molecule has 1 N–H and O–H groups in total. The second-order valence-electron chi connectivity index (χ2n) is 8.07. The predicted octanol–water partition coefficient (Wildman–Crippen LogP) is 4.98. The predicted molar refractivity (Wildman–Crippen MR) is 108 cm³/mol. The Balaban J connectivity index is 1.91. The number of aromatic nitrogens is 2. The van der Waals surface area contributed by atoms with Gasteiger partial charge < -0.3 is 4.90 Å². The number of hydrogen-bond acceptors (Lipinski definition) is 2. The molecule has 3 aromatic rings. The molecule has 4 rings (SSSR count). The molecule has 0 fully saturated rings. The molecule has 4 nitrogen and oxygen atoms in total. The number of carbonyl (C=O) groups excluding carboxylic acids is 1. The lowest BCUT2D eigenvalue weighted by Crippen LogP contribution is -2.44. The lowest BCUT2D eigenvalue weighted by Gasteiger charge is -2.37. The molecular weight excluding hydrogens is 334 g/mol.